The van der Waals surface area contributed by atoms with Crippen molar-refractivity contribution < 1.29 is 22.7 Å². The molecule has 1 amide bonds. The largest absolute Gasteiger partial charge is 0.481 e. The molecule has 0 bridgehead atoms. The predicted octanol–water partition coefficient (Wildman–Crippen LogP) is 2.65. The van der Waals surface area contributed by atoms with Gasteiger partial charge < -0.3 is 9.64 Å². The summed E-state index contributed by atoms with van der Waals surface area (Å²) in [4.78, 5) is 16.9. The van der Waals surface area contributed by atoms with Crippen molar-refractivity contribution in [3.8, 4) is 5.88 Å². The number of ether oxygens (including phenoxy) is 1. The Morgan fingerprint density at radius 2 is 2.15 bits per heavy atom. The standard InChI is InChI=1S/C13H15F3N2O2/c1-20-11-6-5-9(8-17-11)12(19)18-7-3-2-4-10(18)13(14,15)16/h5-6,8,10H,2-4,7H2,1H3. The minimum atomic E-state index is -4.39. The molecule has 1 fully saturated rings. The third-order valence-corrected chi connectivity index (χ3v) is 3.33. The van der Waals surface area contributed by atoms with Crippen LogP contribution in [0.3, 0.4) is 0 Å². The molecule has 1 unspecified atom stereocenters. The highest BCUT2D eigenvalue weighted by molar-refractivity contribution is 5.94. The van der Waals surface area contributed by atoms with Crippen LogP contribution in [0.5, 0.6) is 5.88 Å². The van der Waals surface area contributed by atoms with Crippen LogP contribution in [0.4, 0.5) is 13.2 Å². The number of hydrogen-bond donors (Lipinski definition) is 0. The normalized spacial score (nSPS) is 19.8. The van der Waals surface area contributed by atoms with Crippen LogP contribution in [0.15, 0.2) is 18.3 Å². The summed E-state index contributed by atoms with van der Waals surface area (Å²) in [5, 5.41) is 0. The highest BCUT2D eigenvalue weighted by Gasteiger charge is 2.46. The molecular weight excluding hydrogens is 273 g/mol. The number of pyridine rings is 1. The number of carbonyl (C=O) groups is 1. The summed E-state index contributed by atoms with van der Waals surface area (Å²) < 4.78 is 43.7. The van der Waals surface area contributed by atoms with E-state index in [0.29, 0.717) is 18.7 Å². The zero-order chi connectivity index (χ0) is 14.8. The number of piperidine rings is 1. The van der Waals surface area contributed by atoms with Gasteiger partial charge in [0.25, 0.3) is 5.91 Å². The first-order valence-electron chi connectivity index (χ1n) is 6.31. The fourth-order valence-corrected chi connectivity index (χ4v) is 2.31. The van der Waals surface area contributed by atoms with E-state index in [1.807, 2.05) is 0 Å². The molecule has 2 rings (SSSR count). The van der Waals surface area contributed by atoms with Crippen molar-refractivity contribution in [1.29, 1.82) is 0 Å². The molecule has 0 aliphatic carbocycles. The summed E-state index contributed by atoms with van der Waals surface area (Å²) in [6.07, 6.45) is -2.13. The molecular formula is C13H15F3N2O2. The van der Waals surface area contributed by atoms with E-state index in [1.165, 1.54) is 25.4 Å². The van der Waals surface area contributed by atoms with Crippen molar-refractivity contribution in [3.05, 3.63) is 23.9 Å². The number of amides is 1. The Morgan fingerprint density at radius 1 is 1.40 bits per heavy atom. The second kappa shape index (κ2) is 5.68. The molecule has 1 atom stereocenters. The average molecular weight is 288 g/mol. The van der Waals surface area contributed by atoms with E-state index in [9.17, 15) is 18.0 Å². The summed E-state index contributed by atoms with van der Waals surface area (Å²) in [5.74, 6) is -0.324. The van der Waals surface area contributed by atoms with E-state index >= 15 is 0 Å². The average Bonchev–Trinajstić information content (AvgIpc) is 2.46. The molecule has 4 nitrogen and oxygen atoms in total. The SMILES string of the molecule is COc1ccc(C(=O)N2CCCCC2C(F)(F)F)cn1. The van der Waals surface area contributed by atoms with Gasteiger partial charge in [-0.25, -0.2) is 4.98 Å². The third-order valence-electron chi connectivity index (χ3n) is 3.33. The van der Waals surface area contributed by atoms with Gasteiger partial charge in [0.15, 0.2) is 0 Å². The molecule has 1 aromatic heterocycles. The van der Waals surface area contributed by atoms with Crippen molar-refractivity contribution >= 4 is 5.91 Å². The maximum absolute atomic E-state index is 13.0. The lowest BCUT2D eigenvalue weighted by Crippen LogP contribution is -2.51. The minimum absolute atomic E-state index is 0.0428. The lowest BCUT2D eigenvalue weighted by atomic mass is 10.0. The Labute approximate surface area is 114 Å². The lowest BCUT2D eigenvalue weighted by Gasteiger charge is -2.36. The topological polar surface area (TPSA) is 42.4 Å². The first-order valence-corrected chi connectivity index (χ1v) is 6.31. The predicted molar refractivity (Wildman–Crippen MR) is 65.5 cm³/mol. The molecule has 7 heteroatoms. The molecule has 0 aromatic carbocycles. The summed E-state index contributed by atoms with van der Waals surface area (Å²) in [7, 11) is 1.42. The van der Waals surface area contributed by atoms with Gasteiger partial charge in [-0.15, -0.1) is 0 Å². The van der Waals surface area contributed by atoms with Crippen molar-refractivity contribution in [2.45, 2.75) is 31.5 Å². The molecule has 1 saturated heterocycles. The van der Waals surface area contributed by atoms with Crippen molar-refractivity contribution in [1.82, 2.24) is 9.88 Å². The number of nitrogens with zero attached hydrogens (tertiary/aromatic N) is 2. The molecule has 0 radical (unpaired) electrons. The van der Waals surface area contributed by atoms with Crippen molar-refractivity contribution in [2.24, 2.45) is 0 Å². The Balaban J connectivity index is 2.20. The molecule has 1 aromatic rings. The Bertz CT molecular complexity index is 473. The second-order valence-corrected chi connectivity index (χ2v) is 4.64. The van der Waals surface area contributed by atoms with Gasteiger partial charge in [-0.05, 0) is 25.3 Å². The molecule has 110 valence electrons. The summed E-state index contributed by atoms with van der Waals surface area (Å²) in [6, 6.07) is 1.18. The molecule has 2 heterocycles. The first kappa shape index (κ1) is 14.6. The van der Waals surface area contributed by atoms with Crippen molar-refractivity contribution in [2.75, 3.05) is 13.7 Å². The van der Waals surface area contributed by atoms with Crippen LogP contribution < -0.4 is 4.74 Å². The van der Waals surface area contributed by atoms with E-state index in [0.717, 1.165) is 4.90 Å². The van der Waals surface area contributed by atoms with Gasteiger partial charge in [0, 0.05) is 18.8 Å². The molecule has 0 spiro atoms. The van der Waals surface area contributed by atoms with Crippen molar-refractivity contribution in [3.63, 3.8) is 0 Å². The van der Waals surface area contributed by atoms with Gasteiger partial charge in [0.1, 0.15) is 6.04 Å². The number of carbonyl (C=O) groups excluding carboxylic acids is 1. The summed E-state index contributed by atoms with van der Waals surface area (Å²) in [6.45, 7) is 0.120. The van der Waals surface area contributed by atoms with Crippen LogP contribution in [0.1, 0.15) is 29.6 Å². The van der Waals surface area contributed by atoms with Gasteiger partial charge >= 0.3 is 6.18 Å². The van der Waals surface area contributed by atoms with Crippen LogP contribution in [0.2, 0.25) is 0 Å². The van der Waals surface area contributed by atoms with Gasteiger partial charge in [-0.2, -0.15) is 13.2 Å². The maximum atomic E-state index is 13.0. The zero-order valence-corrected chi connectivity index (χ0v) is 11.0. The number of hydrogen-bond acceptors (Lipinski definition) is 3. The van der Waals surface area contributed by atoms with Crippen LogP contribution in [-0.4, -0.2) is 41.7 Å². The Morgan fingerprint density at radius 3 is 2.70 bits per heavy atom. The number of methoxy groups -OCH3 is 1. The van der Waals surface area contributed by atoms with Gasteiger partial charge in [0.05, 0.1) is 12.7 Å². The first-order chi connectivity index (χ1) is 9.43. The Hall–Kier alpha value is -1.79. The van der Waals surface area contributed by atoms with Crippen LogP contribution in [0.25, 0.3) is 0 Å². The summed E-state index contributed by atoms with van der Waals surface area (Å²) in [5.41, 5.74) is 0.141. The van der Waals surface area contributed by atoms with Gasteiger partial charge in [-0.3, -0.25) is 4.79 Å². The van der Waals surface area contributed by atoms with E-state index in [1.54, 1.807) is 0 Å². The van der Waals surface area contributed by atoms with Gasteiger partial charge in [0.2, 0.25) is 5.88 Å². The van der Waals surface area contributed by atoms with E-state index in [-0.39, 0.29) is 18.5 Å². The lowest BCUT2D eigenvalue weighted by molar-refractivity contribution is -0.183. The van der Waals surface area contributed by atoms with E-state index in [2.05, 4.69) is 4.98 Å². The Kier molecular flexibility index (Phi) is 4.15. The van der Waals surface area contributed by atoms with Crippen LogP contribution >= 0.6 is 0 Å². The molecule has 0 saturated carbocycles. The summed E-state index contributed by atoms with van der Waals surface area (Å²) >= 11 is 0. The molecule has 1 aliphatic heterocycles. The fourth-order valence-electron chi connectivity index (χ4n) is 2.31. The number of likely N-dealkylation sites (tertiary alicyclic amines) is 1. The minimum Gasteiger partial charge on any atom is -0.481 e. The molecule has 20 heavy (non-hydrogen) atoms. The highest BCUT2D eigenvalue weighted by Crippen LogP contribution is 2.32. The zero-order valence-electron chi connectivity index (χ0n) is 11.0. The maximum Gasteiger partial charge on any atom is 0.408 e. The van der Waals surface area contributed by atoms with E-state index < -0.39 is 18.1 Å². The van der Waals surface area contributed by atoms with E-state index in [4.69, 9.17) is 4.74 Å². The quantitative estimate of drug-likeness (QED) is 0.840. The second-order valence-electron chi connectivity index (χ2n) is 4.64. The monoisotopic (exact) mass is 288 g/mol. The van der Waals surface area contributed by atoms with Crippen LogP contribution in [0, 0.1) is 0 Å². The molecule has 0 N–H and O–H groups in total. The third kappa shape index (κ3) is 3.02. The number of halogens is 3. The number of aromatic nitrogens is 1. The smallest absolute Gasteiger partial charge is 0.408 e. The highest BCUT2D eigenvalue weighted by atomic mass is 19.4. The fraction of sp³-hybridized carbons (Fsp3) is 0.538. The molecule has 1 aliphatic rings. The van der Waals surface area contributed by atoms with Gasteiger partial charge in [-0.1, -0.05) is 0 Å². The number of rotatable bonds is 2. The van der Waals surface area contributed by atoms with Crippen LogP contribution in [-0.2, 0) is 0 Å². The number of alkyl halides is 3.